The number of carbonyl (C=O) groups is 3. The topological polar surface area (TPSA) is 99.3 Å². The molecule has 1 aliphatic rings. The highest BCUT2D eigenvalue weighted by atomic mass is 16.2. The molecule has 1 rings (SSSR count). The van der Waals surface area contributed by atoms with Gasteiger partial charge in [-0.1, -0.05) is 6.92 Å². The van der Waals surface area contributed by atoms with Gasteiger partial charge in [0.15, 0.2) is 0 Å². The molecule has 0 saturated heterocycles. The van der Waals surface area contributed by atoms with Crippen LogP contribution in [0, 0.1) is 5.92 Å². The fourth-order valence-corrected chi connectivity index (χ4v) is 1.63. The lowest BCUT2D eigenvalue weighted by atomic mass is 10.2. The second kappa shape index (κ2) is 8.49. The summed E-state index contributed by atoms with van der Waals surface area (Å²) in [5.41, 5.74) is 0. The average molecular weight is 298 g/mol. The van der Waals surface area contributed by atoms with E-state index in [9.17, 15) is 14.4 Å². The van der Waals surface area contributed by atoms with E-state index < -0.39 is 12.1 Å². The predicted molar refractivity (Wildman–Crippen MR) is 79.6 cm³/mol. The third kappa shape index (κ3) is 6.97. The van der Waals surface area contributed by atoms with Gasteiger partial charge in [-0.3, -0.25) is 9.59 Å². The fraction of sp³-hybridized carbons (Fsp3) is 0.786. The lowest BCUT2D eigenvalue weighted by Crippen LogP contribution is -2.50. The van der Waals surface area contributed by atoms with Gasteiger partial charge in [-0.2, -0.15) is 0 Å². The van der Waals surface area contributed by atoms with Crippen LogP contribution >= 0.6 is 0 Å². The Morgan fingerprint density at radius 1 is 1.05 bits per heavy atom. The van der Waals surface area contributed by atoms with Crippen molar-refractivity contribution in [3.63, 3.8) is 0 Å². The Balaban J connectivity index is 2.11. The summed E-state index contributed by atoms with van der Waals surface area (Å²) in [5, 5.41) is 10.7. The Bertz CT molecular complexity index is 382. The van der Waals surface area contributed by atoms with Crippen LogP contribution in [-0.4, -0.2) is 43.0 Å². The maximum Gasteiger partial charge on any atom is 0.315 e. The Hall–Kier alpha value is -1.79. The van der Waals surface area contributed by atoms with Crippen LogP contribution in [0.4, 0.5) is 4.79 Å². The molecule has 7 heteroatoms. The Kier molecular flexibility index (Phi) is 6.98. The highest BCUT2D eigenvalue weighted by molar-refractivity contribution is 5.86. The van der Waals surface area contributed by atoms with E-state index in [1.807, 2.05) is 13.8 Å². The third-order valence-electron chi connectivity index (χ3n) is 3.40. The van der Waals surface area contributed by atoms with Gasteiger partial charge >= 0.3 is 6.03 Å². The number of hydrogen-bond donors (Lipinski definition) is 4. The zero-order valence-electron chi connectivity index (χ0n) is 13.0. The molecule has 1 fully saturated rings. The molecule has 1 saturated carbocycles. The standard InChI is InChI=1S/C14H26N4O3/c1-4-9(2)17-12(19)10(3)18-14(21)16-8-7-15-13(20)11-5-6-11/h9-11H,4-8H2,1-3H3,(H,15,20)(H,17,19)(H2,16,18,21)/t9-,10-/m1/s1. The van der Waals surface area contributed by atoms with Gasteiger partial charge in [-0.05, 0) is 33.1 Å². The van der Waals surface area contributed by atoms with E-state index in [2.05, 4.69) is 21.3 Å². The highest BCUT2D eigenvalue weighted by Crippen LogP contribution is 2.28. The van der Waals surface area contributed by atoms with Crippen molar-refractivity contribution in [2.24, 2.45) is 5.92 Å². The SMILES string of the molecule is CC[C@@H](C)NC(=O)[C@@H](C)NC(=O)NCCNC(=O)C1CC1. The van der Waals surface area contributed by atoms with Crippen molar-refractivity contribution in [3.05, 3.63) is 0 Å². The molecule has 4 amide bonds. The summed E-state index contributed by atoms with van der Waals surface area (Å²) >= 11 is 0. The van der Waals surface area contributed by atoms with Gasteiger partial charge in [0.2, 0.25) is 11.8 Å². The molecule has 1 aliphatic carbocycles. The van der Waals surface area contributed by atoms with Crippen LogP contribution in [-0.2, 0) is 9.59 Å². The molecule has 0 aromatic carbocycles. The minimum absolute atomic E-state index is 0.0542. The van der Waals surface area contributed by atoms with Gasteiger partial charge in [-0.25, -0.2) is 4.79 Å². The highest BCUT2D eigenvalue weighted by Gasteiger charge is 2.29. The van der Waals surface area contributed by atoms with Gasteiger partial charge < -0.3 is 21.3 Å². The lowest BCUT2D eigenvalue weighted by molar-refractivity contribution is -0.123. The minimum Gasteiger partial charge on any atom is -0.354 e. The van der Waals surface area contributed by atoms with Crippen LogP contribution in [0.3, 0.4) is 0 Å². The van der Waals surface area contributed by atoms with Gasteiger partial charge in [0.25, 0.3) is 0 Å². The van der Waals surface area contributed by atoms with Gasteiger partial charge in [0.1, 0.15) is 6.04 Å². The summed E-state index contributed by atoms with van der Waals surface area (Å²) in [4.78, 5) is 34.7. The largest absolute Gasteiger partial charge is 0.354 e. The van der Waals surface area contributed by atoms with E-state index in [0.29, 0.717) is 13.1 Å². The first kappa shape index (κ1) is 17.3. The fourth-order valence-electron chi connectivity index (χ4n) is 1.63. The van der Waals surface area contributed by atoms with Crippen molar-refractivity contribution >= 4 is 17.8 Å². The maximum atomic E-state index is 11.7. The Morgan fingerprint density at radius 3 is 2.24 bits per heavy atom. The van der Waals surface area contributed by atoms with Crippen LogP contribution in [0.5, 0.6) is 0 Å². The van der Waals surface area contributed by atoms with Crippen molar-refractivity contribution in [2.45, 2.75) is 52.1 Å². The molecule has 120 valence electrons. The molecule has 0 bridgehead atoms. The van der Waals surface area contributed by atoms with E-state index >= 15 is 0 Å². The van der Waals surface area contributed by atoms with Crippen molar-refractivity contribution in [1.82, 2.24) is 21.3 Å². The number of amides is 4. The molecule has 0 aromatic rings. The van der Waals surface area contributed by atoms with Crippen LogP contribution < -0.4 is 21.3 Å². The summed E-state index contributed by atoms with van der Waals surface area (Å²) in [7, 11) is 0. The lowest BCUT2D eigenvalue weighted by Gasteiger charge is -2.17. The second-order valence-electron chi connectivity index (χ2n) is 5.51. The molecule has 7 nitrogen and oxygen atoms in total. The third-order valence-corrected chi connectivity index (χ3v) is 3.40. The molecule has 0 radical (unpaired) electrons. The van der Waals surface area contributed by atoms with Crippen LogP contribution in [0.1, 0.15) is 40.0 Å². The second-order valence-corrected chi connectivity index (χ2v) is 5.51. The molecule has 4 N–H and O–H groups in total. The summed E-state index contributed by atoms with van der Waals surface area (Å²) in [6, 6.07) is -0.926. The number of rotatable bonds is 8. The quantitative estimate of drug-likeness (QED) is 0.479. The van der Waals surface area contributed by atoms with Crippen LogP contribution in [0.15, 0.2) is 0 Å². The molecule has 0 aliphatic heterocycles. The van der Waals surface area contributed by atoms with E-state index in [-0.39, 0.29) is 23.8 Å². The Labute approximate surface area is 125 Å². The molecule has 0 unspecified atom stereocenters. The number of urea groups is 1. The molecule has 0 aromatic heterocycles. The van der Waals surface area contributed by atoms with Gasteiger partial charge in [0.05, 0.1) is 0 Å². The van der Waals surface area contributed by atoms with E-state index in [0.717, 1.165) is 19.3 Å². The van der Waals surface area contributed by atoms with Crippen LogP contribution in [0.25, 0.3) is 0 Å². The van der Waals surface area contributed by atoms with Crippen molar-refractivity contribution in [1.29, 1.82) is 0 Å². The molecular formula is C14H26N4O3. The summed E-state index contributed by atoms with van der Waals surface area (Å²) in [6.45, 7) is 6.26. The van der Waals surface area contributed by atoms with E-state index in [1.54, 1.807) is 6.92 Å². The first-order chi connectivity index (χ1) is 9.93. The van der Waals surface area contributed by atoms with Crippen molar-refractivity contribution in [2.75, 3.05) is 13.1 Å². The van der Waals surface area contributed by atoms with E-state index in [1.165, 1.54) is 0 Å². The van der Waals surface area contributed by atoms with E-state index in [4.69, 9.17) is 0 Å². The van der Waals surface area contributed by atoms with Crippen molar-refractivity contribution in [3.8, 4) is 0 Å². The maximum absolute atomic E-state index is 11.7. The number of hydrogen-bond acceptors (Lipinski definition) is 3. The Morgan fingerprint density at radius 2 is 1.67 bits per heavy atom. The number of carbonyl (C=O) groups excluding carboxylic acids is 3. The summed E-state index contributed by atoms with van der Waals surface area (Å²) in [5.74, 6) is 0.0168. The first-order valence-electron chi connectivity index (χ1n) is 7.56. The molecular weight excluding hydrogens is 272 g/mol. The normalized spacial score (nSPS) is 16.5. The minimum atomic E-state index is -0.597. The number of nitrogens with one attached hydrogen (secondary N) is 4. The van der Waals surface area contributed by atoms with Gasteiger partial charge in [0, 0.05) is 25.0 Å². The van der Waals surface area contributed by atoms with Crippen LogP contribution in [0.2, 0.25) is 0 Å². The molecule has 21 heavy (non-hydrogen) atoms. The monoisotopic (exact) mass is 298 g/mol. The molecule has 0 spiro atoms. The molecule has 2 atom stereocenters. The zero-order valence-corrected chi connectivity index (χ0v) is 13.0. The molecule has 0 heterocycles. The predicted octanol–water partition coefficient (Wildman–Crippen LogP) is 0.115. The summed E-state index contributed by atoms with van der Waals surface area (Å²) in [6.07, 6.45) is 2.76. The van der Waals surface area contributed by atoms with Crippen molar-refractivity contribution < 1.29 is 14.4 Å². The first-order valence-corrected chi connectivity index (χ1v) is 7.56. The zero-order chi connectivity index (χ0) is 15.8. The smallest absolute Gasteiger partial charge is 0.315 e. The summed E-state index contributed by atoms with van der Waals surface area (Å²) < 4.78 is 0. The van der Waals surface area contributed by atoms with Gasteiger partial charge in [-0.15, -0.1) is 0 Å². The average Bonchev–Trinajstić information content (AvgIpc) is 3.27.